The molecule has 0 fully saturated rings. The highest BCUT2D eigenvalue weighted by Crippen LogP contribution is 2.30. The fourth-order valence-corrected chi connectivity index (χ4v) is 2.83. The molecule has 3 rings (SSSR count). The molecule has 2 aromatic rings. The first-order valence-corrected chi connectivity index (χ1v) is 6.25. The van der Waals surface area contributed by atoms with Gasteiger partial charge in [0.05, 0.1) is 12.1 Å². The van der Waals surface area contributed by atoms with Gasteiger partial charge in [0, 0.05) is 6.54 Å². The summed E-state index contributed by atoms with van der Waals surface area (Å²) in [4.78, 5) is 12.0. The molecule has 4 heteroatoms. The minimum absolute atomic E-state index is 0.0355. The van der Waals surface area contributed by atoms with E-state index in [1.807, 2.05) is 12.1 Å². The summed E-state index contributed by atoms with van der Waals surface area (Å²) in [5, 5.41) is 9.75. The number of nitrogens with zero attached hydrogens (tertiary/aromatic N) is 2. The summed E-state index contributed by atoms with van der Waals surface area (Å²) in [6.45, 7) is 2.76. The second-order valence-electron chi connectivity index (χ2n) is 4.82. The topological polar surface area (TPSA) is 47.2 Å². The first kappa shape index (κ1) is 11.1. The third-order valence-electron chi connectivity index (χ3n) is 3.69. The van der Waals surface area contributed by atoms with Gasteiger partial charge < -0.3 is 5.11 Å². The quantitative estimate of drug-likeness (QED) is 0.834. The third-order valence-corrected chi connectivity index (χ3v) is 3.69. The molecule has 0 spiro atoms. The van der Waals surface area contributed by atoms with Crippen LogP contribution in [-0.4, -0.2) is 14.5 Å². The van der Waals surface area contributed by atoms with E-state index in [0.717, 1.165) is 12.8 Å². The molecule has 0 bridgehead atoms. The van der Waals surface area contributed by atoms with Crippen molar-refractivity contribution < 1.29 is 5.11 Å². The maximum absolute atomic E-state index is 12.0. The van der Waals surface area contributed by atoms with E-state index in [1.54, 1.807) is 9.36 Å². The van der Waals surface area contributed by atoms with Crippen molar-refractivity contribution in [3.8, 4) is 5.88 Å². The van der Waals surface area contributed by atoms with E-state index in [4.69, 9.17) is 0 Å². The molecule has 1 aromatic carbocycles. The van der Waals surface area contributed by atoms with Crippen LogP contribution in [0, 0.1) is 6.92 Å². The van der Waals surface area contributed by atoms with Crippen molar-refractivity contribution >= 4 is 0 Å². The molecule has 1 aromatic heterocycles. The lowest BCUT2D eigenvalue weighted by molar-refractivity contribution is 0.274. The number of aromatic nitrogens is 2. The molecule has 18 heavy (non-hydrogen) atoms. The molecule has 0 aliphatic carbocycles. The maximum Gasteiger partial charge on any atom is 0.271 e. The van der Waals surface area contributed by atoms with Gasteiger partial charge in [0.2, 0.25) is 5.88 Å². The van der Waals surface area contributed by atoms with Crippen molar-refractivity contribution in [3.05, 3.63) is 51.8 Å². The van der Waals surface area contributed by atoms with E-state index < -0.39 is 0 Å². The summed E-state index contributed by atoms with van der Waals surface area (Å²) < 4.78 is 3.37. The number of fused-ring (bicyclic) bond motifs is 1. The Bertz CT molecular complexity index is 639. The summed E-state index contributed by atoms with van der Waals surface area (Å²) in [5.74, 6) is 0.0679. The van der Waals surface area contributed by atoms with Gasteiger partial charge in [-0.3, -0.25) is 9.48 Å². The van der Waals surface area contributed by atoms with Crippen LogP contribution in [0.5, 0.6) is 5.88 Å². The van der Waals surface area contributed by atoms with Crippen LogP contribution < -0.4 is 5.56 Å². The fourth-order valence-electron chi connectivity index (χ4n) is 2.83. The zero-order valence-corrected chi connectivity index (χ0v) is 10.3. The average Bonchev–Trinajstić information content (AvgIpc) is 2.66. The Morgan fingerprint density at radius 1 is 1.33 bits per heavy atom. The van der Waals surface area contributed by atoms with Crippen molar-refractivity contribution in [2.24, 2.45) is 0 Å². The Balaban J connectivity index is 2.18. The van der Waals surface area contributed by atoms with Crippen LogP contribution in [0.2, 0.25) is 0 Å². The first-order chi connectivity index (χ1) is 8.68. The zero-order valence-electron chi connectivity index (χ0n) is 10.3. The zero-order chi connectivity index (χ0) is 12.7. The highest BCUT2D eigenvalue weighted by molar-refractivity contribution is 5.30. The molecule has 0 radical (unpaired) electrons. The molecule has 0 saturated carbocycles. The summed E-state index contributed by atoms with van der Waals surface area (Å²) >= 11 is 0. The summed E-state index contributed by atoms with van der Waals surface area (Å²) in [6.07, 6.45) is 1.91. The summed E-state index contributed by atoms with van der Waals surface area (Å²) in [7, 11) is 0. The Labute approximate surface area is 105 Å². The number of aromatic hydroxyl groups is 1. The number of hydrogen-bond acceptors (Lipinski definition) is 2. The number of benzene rings is 1. The molecule has 1 aliphatic rings. The van der Waals surface area contributed by atoms with Crippen molar-refractivity contribution in [3.63, 3.8) is 0 Å². The second kappa shape index (κ2) is 4.05. The van der Waals surface area contributed by atoms with Crippen LogP contribution in [0.1, 0.15) is 30.0 Å². The van der Waals surface area contributed by atoms with Gasteiger partial charge in [-0.25, -0.2) is 4.68 Å². The third kappa shape index (κ3) is 1.56. The fraction of sp³-hybridized carbons (Fsp3) is 0.357. The molecule has 1 N–H and O–H groups in total. The number of aryl methyl sites for hydroxylation is 1. The van der Waals surface area contributed by atoms with Gasteiger partial charge in [0.1, 0.15) is 0 Å². The van der Waals surface area contributed by atoms with E-state index in [2.05, 4.69) is 19.1 Å². The molecule has 1 aliphatic heterocycles. The van der Waals surface area contributed by atoms with Crippen molar-refractivity contribution in [1.29, 1.82) is 0 Å². The van der Waals surface area contributed by atoms with Crippen LogP contribution >= 0.6 is 0 Å². The van der Waals surface area contributed by atoms with Gasteiger partial charge in [-0.2, -0.15) is 0 Å². The summed E-state index contributed by atoms with van der Waals surface area (Å²) in [6, 6.07) is 9.45. The molecule has 1 atom stereocenters. The van der Waals surface area contributed by atoms with Crippen LogP contribution in [0.3, 0.4) is 0 Å². The van der Waals surface area contributed by atoms with Crippen LogP contribution in [0.4, 0.5) is 0 Å². The predicted octanol–water partition coefficient (Wildman–Crippen LogP) is 2.05. The van der Waals surface area contributed by atoms with Gasteiger partial charge in [-0.1, -0.05) is 24.3 Å². The predicted molar refractivity (Wildman–Crippen MR) is 68.9 cm³/mol. The minimum Gasteiger partial charge on any atom is -0.493 e. The van der Waals surface area contributed by atoms with Gasteiger partial charge >= 0.3 is 0 Å². The first-order valence-electron chi connectivity index (χ1n) is 6.25. The Morgan fingerprint density at radius 3 is 2.89 bits per heavy atom. The van der Waals surface area contributed by atoms with Gasteiger partial charge in [-0.15, -0.1) is 0 Å². The van der Waals surface area contributed by atoms with Crippen molar-refractivity contribution in [1.82, 2.24) is 9.36 Å². The van der Waals surface area contributed by atoms with E-state index in [0.29, 0.717) is 6.54 Å². The lowest BCUT2D eigenvalue weighted by atomic mass is 9.97. The van der Waals surface area contributed by atoms with Crippen LogP contribution in [0.25, 0.3) is 0 Å². The normalized spacial score (nSPS) is 18.6. The van der Waals surface area contributed by atoms with Crippen LogP contribution in [-0.2, 0) is 6.54 Å². The molecule has 94 valence electrons. The minimum atomic E-state index is -0.125. The standard InChI is InChI=1S/C14H16N2O2/c1-10-5-2-3-6-11(10)12-7-4-8-15-13(17)9-14(18)16(12)15/h2-3,5-6,9,12,17H,4,7-8H2,1H3. The van der Waals surface area contributed by atoms with Gasteiger partial charge in [0.15, 0.2) is 0 Å². The highest BCUT2D eigenvalue weighted by atomic mass is 16.3. The number of hydrogen-bond donors (Lipinski definition) is 1. The van der Waals surface area contributed by atoms with E-state index >= 15 is 0 Å². The smallest absolute Gasteiger partial charge is 0.271 e. The maximum atomic E-state index is 12.0. The van der Waals surface area contributed by atoms with Crippen LogP contribution in [0.15, 0.2) is 35.1 Å². The highest BCUT2D eigenvalue weighted by Gasteiger charge is 2.25. The molecule has 1 unspecified atom stereocenters. The molecule has 4 nitrogen and oxygen atoms in total. The van der Waals surface area contributed by atoms with Gasteiger partial charge in [0.25, 0.3) is 5.56 Å². The molecule has 0 amide bonds. The van der Waals surface area contributed by atoms with Crippen molar-refractivity contribution in [2.75, 3.05) is 0 Å². The average molecular weight is 244 g/mol. The largest absolute Gasteiger partial charge is 0.493 e. The molecule has 2 heterocycles. The van der Waals surface area contributed by atoms with E-state index in [1.165, 1.54) is 17.2 Å². The van der Waals surface area contributed by atoms with E-state index in [9.17, 15) is 9.90 Å². The monoisotopic (exact) mass is 244 g/mol. The second-order valence-corrected chi connectivity index (χ2v) is 4.82. The lowest BCUT2D eigenvalue weighted by Crippen LogP contribution is -2.32. The van der Waals surface area contributed by atoms with E-state index in [-0.39, 0.29) is 17.5 Å². The lowest BCUT2D eigenvalue weighted by Gasteiger charge is -2.28. The summed E-state index contributed by atoms with van der Waals surface area (Å²) in [5.41, 5.74) is 2.22. The Hall–Kier alpha value is -1.97. The SMILES string of the molecule is Cc1ccccc1C1CCCn2c(O)cc(=O)n21. The molecular formula is C14H16N2O2. The van der Waals surface area contributed by atoms with Gasteiger partial charge in [-0.05, 0) is 30.9 Å². The molecule has 0 saturated heterocycles. The Kier molecular flexibility index (Phi) is 2.51. The Morgan fingerprint density at radius 2 is 2.11 bits per heavy atom. The van der Waals surface area contributed by atoms with Crippen molar-refractivity contribution in [2.45, 2.75) is 32.4 Å². The molecular weight excluding hydrogens is 228 g/mol. The number of rotatable bonds is 1.